The number of aryl methyl sites for hydroxylation is 1. The molecule has 2 rings (SSSR count). The lowest BCUT2D eigenvalue weighted by molar-refractivity contribution is 0.0597. The van der Waals surface area contributed by atoms with E-state index < -0.39 is 5.97 Å². The summed E-state index contributed by atoms with van der Waals surface area (Å²) in [5.74, 6) is 0.575. The monoisotopic (exact) mass is 312 g/mol. The molecular formula is C19H20O4. The minimum atomic E-state index is -0.451. The van der Waals surface area contributed by atoms with E-state index in [4.69, 9.17) is 14.2 Å². The van der Waals surface area contributed by atoms with Crippen molar-refractivity contribution in [3.63, 3.8) is 0 Å². The average molecular weight is 312 g/mol. The van der Waals surface area contributed by atoms with Gasteiger partial charge >= 0.3 is 5.97 Å². The van der Waals surface area contributed by atoms with Crippen molar-refractivity contribution in [3.05, 3.63) is 58.7 Å². The molecule has 120 valence electrons. The predicted molar refractivity (Wildman–Crippen MR) is 91.0 cm³/mol. The van der Waals surface area contributed by atoms with Crippen LogP contribution >= 0.6 is 0 Å². The number of benzene rings is 2. The zero-order valence-corrected chi connectivity index (χ0v) is 13.8. The van der Waals surface area contributed by atoms with Crippen molar-refractivity contribution in [2.24, 2.45) is 0 Å². The maximum Gasteiger partial charge on any atom is 0.342 e. The van der Waals surface area contributed by atoms with Gasteiger partial charge in [0.2, 0.25) is 0 Å². The number of ether oxygens (including phenoxy) is 3. The third kappa shape index (κ3) is 3.92. The summed E-state index contributed by atoms with van der Waals surface area (Å²) in [4.78, 5) is 12.1. The van der Waals surface area contributed by atoms with Crippen molar-refractivity contribution in [3.8, 4) is 11.5 Å². The van der Waals surface area contributed by atoms with Gasteiger partial charge in [0.15, 0.2) is 0 Å². The number of hydrogen-bond acceptors (Lipinski definition) is 4. The molecule has 4 heteroatoms. The molecule has 0 spiro atoms. The first kappa shape index (κ1) is 16.6. The first-order chi connectivity index (χ1) is 11.1. The fraction of sp³-hybridized carbons (Fsp3) is 0.211. The van der Waals surface area contributed by atoms with Gasteiger partial charge in [-0.15, -0.1) is 0 Å². The second-order valence-corrected chi connectivity index (χ2v) is 5.03. The van der Waals surface area contributed by atoms with Crippen LogP contribution in [0.25, 0.3) is 12.2 Å². The van der Waals surface area contributed by atoms with Crippen LogP contribution in [0.2, 0.25) is 0 Å². The molecular weight excluding hydrogens is 292 g/mol. The molecule has 2 aromatic carbocycles. The van der Waals surface area contributed by atoms with Gasteiger partial charge in [-0.05, 0) is 24.1 Å². The minimum absolute atomic E-state index is 0.374. The number of esters is 1. The SMILES string of the molecule is COC(=O)c1c(C=Cc2ccc(C)cc2)cc(OC)cc1OC. The summed E-state index contributed by atoms with van der Waals surface area (Å²) in [5, 5.41) is 0. The number of carbonyl (C=O) groups is 1. The number of rotatable bonds is 5. The predicted octanol–water partition coefficient (Wildman–Crippen LogP) is 3.97. The molecule has 0 radical (unpaired) electrons. The Bertz CT molecular complexity index is 715. The molecule has 0 aliphatic carbocycles. The van der Waals surface area contributed by atoms with Gasteiger partial charge in [0.25, 0.3) is 0 Å². The van der Waals surface area contributed by atoms with Gasteiger partial charge in [-0.2, -0.15) is 0 Å². The van der Waals surface area contributed by atoms with Crippen LogP contribution in [0.1, 0.15) is 27.0 Å². The molecule has 0 saturated carbocycles. The van der Waals surface area contributed by atoms with E-state index in [0.29, 0.717) is 22.6 Å². The van der Waals surface area contributed by atoms with E-state index in [2.05, 4.69) is 0 Å². The van der Waals surface area contributed by atoms with Gasteiger partial charge in [0.1, 0.15) is 17.1 Å². The third-order valence-corrected chi connectivity index (χ3v) is 3.48. The average Bonchev–Trinajstić information content (AvgIpc) is 2.59. The minimum Gasteiger partial charge on any atom is -0.497 e. The molecule has 0 amide bonds. The largest absolute Gasteiger partial charge is 0.497 e. The molecule has 23 heavy (non-hydrogen) atoms. The highest BCUT2D eigenvalue weighted by Crippen LogP contribution is 2.30. The summed E-state index contributed by atoms with van der Waals surface area (Å²) in [6, 6.07) is 11.5. The smallest absolute Gasteiger partial charge is 0.342 e. The molecule has 0 unspecified atom stereocenters. The summed E-state index contributed by atoms with van der Waals surface area (Å²) < 4.78 is 15.4. The van der Waals surface area contributed by atoms with Gasteiger partial charge in [-0.3, -0.25) is 0 Å². The van der Waals surface area contributed by atoms with Crippen LogP contribution in [0.5, 0.6) is 11.5 Å². The maximum absolute atomic E-state index is 12.1. The Morgan fingerprint density at radius 3 is 2.22 bits per heavy atom. The molecule has 0 saturated heterocycles. The van der Waals surface area contributed by atoms with Crippen LogP contribution in [0, 0.1) is 6.92 Å². The lowest BCUT2D eigenvalue weighted by Crippen LogP contribution is -2.07. The van der Waals surface area contributed by atoms with Crippen LogP contribution in [-0.4, -0.2) is 27.3 Å². The van der Waals surface area contributed by atoms with Crippen LogP contribution < -0.4 is 9.47 Å². The van der Waals surface area contributed by atoms with Gasteiger partial charge in [-0.1, -0.05) is 42.0 Å². The Morgan fingerprint density at radius 2 is 1.65 bits per heavy atom. The summed E-state index contributed by atoms with van der Waals surface area (Å²) >= 11 is 0. The zero-order valence-electron chi connectivity index (χ0n) is 13.8. The Kier molecular flexibility index (Phi) is 5.41. The summed E-state index contributed by atoms with van der Waals surface area (Å²) in [6.07, 6.45) is 3.78. The summed E-state index contributed by atoms with van der Waals surface area (Å²) in [6.45, 7) is 2.04. The van der Waals surface area contributed by atoms with E-state index in [1.165, 1.54) is 19.8 Å². The molecule has 0 aliphatic rings. The van der Waals surface area contributed by atoms with E-state index in [1.807, 2.05) is 43.3 Å². The fourth-order valence-electron chi connectivity index (χ4n) is 2.21. The van der Waals surface area contributed by atoms with Crippen LogP contribution in [0.4, 0.5) is 0 Å². The summed E-state index contributed by atoms with van der Waals surface area (Å²) in [7, 11) is 4.42. The maximum atomic E-state index is 12.1. The van der Waals surface area contributed by atoms with Crippen molar-refractivity contribution < 1.29 is 19.0 Å². The second-order valence-electron chi connectivity index (χ2n) is 5.03. The van der Waals surface area contributed by atoms with Gasteiger partial charge in [0.05, 0.1) is 21.3 Å². The fourth-order valence-corrected chi connectivity index (χ4v) is 2.21. The van der Waals surface area contributed by atoms with Gasteiger partial charge in [0, 0.05) is 6.07 Å². The highest BCUT2D eigenvalue weighted by Gasteiger charge is 2.18. The first-order valence-corrected chi connectivity index (χ1v) is 7.18. The standard InChI is InChI=1S/C19H20O4/c1-13-5-7-14(8-6-13)9-10-15-11-16(21-2)12-17(22-3)18(15)19(20)23-4/h5-12H,1-4H3. The highest BCUT2D eigenvalue weighted by atomic mass is 16.5. The van der Waals surface area contributed by atoms with Crippen molar-refractivity contribution in [2.45, 2.75) is 6.92 Å². The van der Waals surface area contributed by atoms with E-state index in [9.17, 15) is 4.79 Å². The van der Waals surface area contributed by atoms with E-state index >= 15 is 0 Å². The molecule has 2 aromatic rings. The Morgan fingerprint density at radius 1 is 0.957 bits per heavy atom. The Labute approximate surface area is 136 Å². The molecule has 0 aromatic heterocycles. The second kappa shape index (κ2) is 7.49. The molecule has 4 nitrogen and oxygen atoms in total. The highest BCUT2D eigenvalue weighted by molar-refractivity contribution is 5.98. The number of carbonyl (C=O) groups excluding carboxylic acids is 1. The van der Waals surface area contributed by atoms with Crippen molar-refractivity contribution in [1.82, 2.24) is 0 Å². The zero-order chi connectivity index (χ0) is 16.8. The van der Waals surface area contributed by atoms with E-state index in [1.54, 1.807) is 19.2 Å². The first-order valence-electron chi connectivity index (χ1n) is 7.18. The van der Waals surface area contributed by atoms with Crippen LogP contribution in [0.3, 0.4) is 0 Å². The summed E-state index contributed by atoms with van der Waals surface area (Å²) in [5.41, 5.74) is 3.28. The van der Waals surface area contributed by atoms with Crippen LogP contribution in [0.15, 0.2) is 36.4 Å². The molecule has 0 heterocycles. The van der Waals surface area contributed by atoms with Gasteiger partial charge < -0.3 is 14.2 Å². The quantitative estimate of drug-likeness (QED) is 0.619. The molecule has 0 N–H and O–H groups in total. The van der Waals surface area contributed by atoms with Crippen molar-refractivity contribution >= 4 is 18.1 Å². The third-order valence-electron chi connectivity index (χ3n) is 3.48. The van der Waals surface area contributed by atoms with Crippen molar-refractivity contribution in [2.75, 3.05) is 21.3 Å². The molecule has 0 atom stereocenters. The number of methoxy groups -OCH3 is 3. The van der Waals surface area contributed by atoms with Crippen molar-refractivity contribution in [1.29, 1.82) is 0 Å². The number of hydrogen-bond donors (Lipinski definition) is 0. The molecule has 0 fully saturated rings. The lowest BCUT2D eigenvalue weighted by atomic mass is 10.0. The lowest BCUT2D eigenvalue weighted by Gasteiger charge is -2.12. The topological polar surface area (TPSA) is 44.8 Å². The van der Waals surface area contributed by atoms with Crippen LogP contribution in [-0.2, 0) is 4.74 Å². The Hall–Kier alpha value is -2.75. The normalized spacial score (nSPS) is 10.6. The van der Waals surface area contributed by atoms with Gasteiger partial charge in [-0.25, -0.2) is 4.79 Å². The van der Waals surface area contributed by atoms with E-state index in [-0.39, 0.29) is 0 Å². The van der Waals surface area contributed by atoms with E-state index in [0.717, 1.165) is 5.56 Å². The Balaban J connectivity index is 2.49. The molecule has 0 bridgehead atoms. The molecule has 0 aliphatic heterocycles.